The van der Waals surface area contributed by atoms with Gasteiger partial charge in [-0.25, -0.2) is 4.79 Å². The fourth-order valence-electron chi connectivity index (χ4n) is 3.66. The Bertz CT molecular complexity index is 986. The van der Waals surface area contributed by atoms with Gasteiger partial charge in [-0.1, -0.05) is 23.8 Å². The molecule has 0 aliphatic carbocycles. The smallest absolute Gasteiger partial charge is 0.325 e. The molecule has 31 heavy (non-hydrogen) atoms. The maximum absolute atomic E-state index is 12.6. The summed E-state index contributed by atoms with van der Waals surface area (Å²) in [5.41, 5.74) is 3.53. The van der Waals surface area contributed by atoms with Crippen LogP contribution in [-0.4, -0.2) is 54.0 Å². The van der Waals surface area contributed by atoms with Crippen molar-refractivity contribution in [1.82, 2.24) is 10.2 Å². The van der Waals surface area contributed by atoms with Crippen LogP contribution in [0.2, 0.25) is 0 Å². The van der Waals surface area contributed by atoms with E-state index in [0.29, 0.717) is 31.9 Å². The van der Waals surface area contributed by atoms with Gasteiger partial charge < -0.3 is 10.2 Å². The number of nitrogens with zero attached hydrogens (tertiary/aromatic N) is 3. The fourth-order valence-corrected chi connectivity index (χ4v) is 3.66. The lowest BCUT2D eigenvalue weighted by molar-refractivity contribution is -0.384. The number of carbonyl (C=O) groups is 2. The highest BCUT2D eigenvalue weighted by Gasteiger charge is 2.27. The van der Waals surface area contributed by atoms with Gasteiger partial charge in [-0.15, -0.1) is 0 Å². The zero-order valence-electron chi connectivity index (χ0n) is 17.9. The molecule has 3 rings (SSSR count). The molecular weight excluding hydrogens is 398 g/mol. The van der Waals surface area contributed by atoms with Crippen LogP contribution < -0.4 is 15.5 Å². The van der Waals surface area contributed by atoms with Gasteiger partial charge in [0.15, 0.2) is 0 Å². The Morgan fingerprint density at radius 3 is 2.42 bits per heavy atom. The Kier molecular flexibility index (Phi) is 6.86. The van der Waals surface area contributed by atoms with Crippen molar-refractivity contribution in [3.63, 3.8) is 0 Å². The number of aryl methyl sites for hydroxylation is 2. The first-order valence-corrected chi connectivity index (χ1v) is 10.2. The lowest BCUT2D eigenvalue weighted by Crippen LogP contribution is -2.55. The van der Waals surface area contributed by atoms with E-state index in [9.17, 15) is 19.7 Å². The Morgan fingerprint density at radius 2 is 1.77 bits per heavy atom. The number of non-ortho nitro benzene ring substituents is 1. The minimum absolute atomic E-state index is 0.0579. The van der Waals surface area contributed by atoms with E-state index in [0.717, 1.165) is 16.8 Å². The third-order valence-corrected chi connectivity index (χ3v) is 5.51. The van der Waals surface area contributed by atoms with Crippen LogP contribution in [0.5, 0.6) is 0 Å². The first-order valence-electron chi connectivity index (χ1n) is 10.2. The van der Waals surface area contributed by atoms with Crippen LogP contribution in [0.25, 0.3) is 0 Å². The molecule has 1 aliphatic heterocycles. The van der Waals surface area contributed by atoms with Crippen LogP contribution in [0, 0.1) is 24.0 Å². The monoisotopic (exact) mass is 425 g/mol. The van der Waals surface area contributed by atoms with Crippen LogP contribution >= 0.6 is 0 Å². The summed E-state index contributed by atoms with van der Waals surface area (Å²) in [5, 5.41) is 16.1. The fraction of sp³-hybridized carbons (Fsp3) is 0.364. The van der Waals surface area contributed by atoms with Crippen molar-refractivity contribution in [3.05, 3.63) is 63.7 Å². The van der Waals surface area contributed by atoms with Crippen LogP contribution in [0.4, 0.5) is 21.9 Å². The van der Waals surface area contributed by atoms with E-state index in [4.69, 9.17) is 0 Å². The lowest BCUT2D eigenvalue weighted by atomic mass is 10.1. The minimum Gasteiger partial charge on any atom is -0.369 e. The Labute approximate surface area is 181 Å². The van der Waals surface area contributed by atoms with Gasteiger partial charge in [0.05, 0.1) is 11.0 Å². The van der Waals surface area contributed by atoms with Crippen LogP contribution in [0.15, 0.2) is 42.5 Å². The van der Waals surface area contributed by atoms with Crippen molar-refractivity contribution in [2.24, 2.45) is 0 Å². The Hall–Kier alpha value is -3.46. The first-order chi connectivity index (χ1) is 14.7. The lowest BCUT2D eigenvalue weighted by Gasteiger charge is -2.38. The molecule has 1 saturated heterocycles. The number of imide groups is 1. The van der Waals surface area contributed by atoms with Gasteiger partial charge in [0.2, 0.25) is 5.91 Å². The molecule has 0 saturated carbocycles. The SMILES string of the molecule is Cc1ccc(NC(=O)NC(=O)C(C)N2CCN(c3cccc([N+](=O)[O-])c3)CC2)c(C)c1. The molecule has 9 heteroatoms. The summed E-state index contributed by atoms with van der Waals surface area (Å²) in [6.07, 6.45) is 0. The summed E-state index contributed by atoms with van der Waals surface area (Å²) < 4.78 is 0. The maximum Gasteiger partial charge on any atom is 0.325 e. The highest BCUT2D eigenvalue weighted by atomic mass is 16.6. The number of benzene rings is 2. The molecule has 0 spiro atoms. The Balaban J connectivity index is 1.52. The zero-order chi connectivity index (χ0) is 22.5. The molecule has 9 nitrogen and oxygen atoms in total. The van der Waals surface area contributed by atoms with E-state index in [1.807, 2.05) is 43.0 Å². The zero-order valence-corrected chi connectivity index (χ0v) is 17.9. The normalized spacial score (nSPS) is 15.3. The van der Waals surface area contributed by atoms with Gasteiger partial charge in [0, 0.05) is 49.7 Å². The highest BCUT2D eigenvalue weighted by Crippen LogP contribution is 2.22. The number of hydrogen-bond donors (Lipinski definition) is 2. The second-order valence-corrected chi connectivity index (χ2v) is 7.74. The average molecular weight is 425 g/mol. The summed E-state index contributed by atoms with van der Waals surface area (Å²) in [7, 11) is 0. The van der Waals surface area contributed by atoms with Gasteiger partial charge in [-0.05, 0) is 38.5 Å². The summed E-state index contributed by atoms with van der Waals surface area (Å²) in [6, 6.07) is 11.2. The van der Waals surface area contributed by atoms with E-state index in [1.165, 1.54) is 6.07 Å². The summed E-state index contributed by atoms with van der Waals surface area (Å²) in [5.74, 6) is -0.369. The maximum atomic E-state index is 12.6. The molecule has 0 bridgehead atoms. The van der Waals surface area contributed by atoms with Crippen molar-refractivity contribution in [2.45, 2.75) is 26.8 Å². The van der Waals surface area contributed by atoms with Gasteiger partial charge in [0.25, 0.3) is 5.69 Å². The molecular formula is C22H27N5O4. The van der Waals surface area contributed by atoms with E-state index in [-0.39, 0.29) is 11.6 Å². The molecule has 2 N–H and O–H groups in total. The predicted molar refractivity (Wildman–Crippen MR) is 119 cm³/mol. The van der Waals surface area contributed by atoms with E-state index in [2.05, 4.69) is 15.5 Å². The predicted octanol–water partition coefficient (Wildman–Crippen LogP) is 3.07. The van der Waals surface area contributed by atoms with Crippen molar-refractivity contribution >= 4 is 29.0 Å². The van der Waals surface area contributed by atoms with E-state index in [1.54, 1.807) is 19.1 Å². The highest BCUT2D eigenvalue weighted by molar-refractivity contribution is 6.03. The number of nitrogens with one attached hydrogen (secondary N) is 2. The number of hydrogen-bond acceptors (Lipinski definition) is 6. The van der Waals surface area contributed by atoms with Crippen LogP contribution in [0.1, 0.15) is 18.1 Å². The molecule has 1 atom stereocenters. The molecule has 3 amide bonds. The Morgan fingerprint density at radius 1 is 1.06 bits per heavy atom. The standard InChI is InChI=1S/C22H27N5O4/c1-15-7-8-20(16(2)13-15)23-22(29)24-21(28)17(3)25-9-11-26(12-10-25)18-5-4-6-19(14-18)27(30)31/h4-8,13-14,17H,9-12H2,1-3H3,(H2,23,24,28,29). The number of rotatable bonds is 5. The summed E-state index contributed by atoms with van der Waals surface area (Å²) in [4.78, 5) is 39.4. The van der Waals surface area contributed by atoms with Crippen LogP contribution in [-0.2, 0) is 4.79 Å². The summed E-state index contributed by atoms with van der Waals surface area (Å²) in [6.45, 7) is 8.12. The third kappa shape index (κ3) is 5.58. The van der Waals surface area contributed by atoms with Gasteiger partial charge >= 0.3 is 6.03 Å². The first kappa shape index (κ1) is 22.2. The summed E-state index contributed by atoms with van der Waals surface area (Å²) >= 11 is 0. The second kappa shape index (κ2) is 9.57. The quantitative estimate of drug-likeness (QED) is 0.563. The molecule has 0 radical (unpaired) electrons. The van der Waals surface area contributed by atoms with Crippen LogP contribution in [0.3, 0.4) is 0 Å². The minimum atomic E-state index is -0.556. The number of anilines is 2. The number of carbonyl (C=O) groups excluding carboxylic acids is 2. The molecule has 2 aromatic rings. The van der Waals surface area contributed by atoms with Gasteiger partial charge in [-0.2, -0.15) is 0 Å². The molecule has 1 aliphatic rings. The number of nitro benzene ring substituents is 1. The molecule has 1 fully saturated rings. The van der Waals surface area contributed by atoms with Gasteiger partial charge in [0.1, 0.15) is 0 Å². The number of piperazine rings is 1. The molecule has 164 valence electrons. The molecule has 1 unspecified atom stereocenters. The van der Waals surface area contributed by atoms with Gasteiger partial charge in [-0.3, -0.25) is 25.1 Å². The van der Waals surface area contributed by atoms with E-state index < -0.39 is 17.0 Å². The van der Waals surface area contributed by atoms with Crippen molar-refractivity contribution in [3.8, 4) is 0 Å². The molecule has 0 aromatic heterocycles. The largest absolute Gasteiger partial charge is 0.369 e. The third-order valence-electron chi connectivity index (χ3n) is 5.51. The second-order valence-electron chi connectivity index (χ2n) is 7.74. The average Bonchev–Trinajstić information content (AvgIpc) is 2.75. The topological polar surface area (TPSA) is 108 Å². The molecule has 2 aromatic carbocycles. The number of urea groups is 1. The molecule has 1 heterocycles. The van der Waals surface area contributed by atoms with Crippen molar-refractivity contribution < 1.29 is 14.5 Å². The number of amides is 3. The van der Waals surface area contributed by atoms with E-state index >= 15 is 0 Å². The van der Waals surface area contributed by atoms with Crippen molar-refractivity contribution in [2.75, 3.05) is 36.4 Å². The number of nitro groups is 1. The van der Waals surface area contributed by atoms with Crippen molar-refractivity contribution in [1.29, 1.82) is 0 Å².